The summed E-state index contributed by atoms with van der Waals surface area (Å²) < 4.78 is 8.12. The molecule has 0 aliphatic heterocycles. The Morgan fingerprint density at radius 1 is 1.07 bits per heavy atom. The quantitative estimate of drug-likeness (QED) is 0.469. The third-order valence-electron chi connectivity index (χ3n) is 5.01. The molecule has 3 rings (SSSR count). The van der Waals surface area contributed by atoms with E-state index in [9.17, 15) is 0 Å². The second-order valence-corrected chi connectivity index (χ2v) is 7.79. The van der Waals surface area contributed by atoms with E-state index < -0.39 is 0 Å². The Kier molecular flexibility index (Phi) is 7.10. The van der Waals surface area contributed by atoms with Gasteiger partial charge in [-0.05, 0) is 68.8 Å². The fourth-order valence-electron chi connectivity index (χ4n) is 3.67. The van der Waals surface area contributed by atoms with Crippen LogP contribution in [0.1, 0.15) is 39.2 Å². The molecule has 3 aromatic rings. The van der Waals surface area contributed by atoms with Crippen LogP contribution in [0.2, 0.25) is 0 Å². The van der Waals surface area contributed by atoms with Gasteiger partial charge >= 0.3 is 0 Å². The van der Waals surface area contributed by atoms with E-state index in [1.165, 1.54) is 31.5 Å². The fraction of sp³-hybridized carbons (Fsp3) is 0.458. The molecule has 0 amide bonds. The highest BCUT2D eigenvalue weighted by molar-refractivity contribution is 5.64. The number of rotatable bonds is 10. The summed E-state index contributed by atoms with van der Waals surface area (Å²) in [4.78, 5) is 7.31. The Morgan fingerprint density at radius 3 is 2.43 bits per heavy atom. The summed E-state index contributed by atoms with van der Waals surface area (Å²) in [6, 6.07) is 12.4. The molecule has 0 saturated heterocycles. The van der Waals surface area contributed by atoms with Crippen LogP contribution in [0.4, 0.5) is 0 Å². The van der Waals surface area contributed by atoms with Gasteiger partial charge in [0.15, 0.2) is 0 Å². The maximum absolute atomic E-state index is 6.04. The highest BCUT2D eigenvalue weighted by Gasteiger charge is 2.10. The molecule has 0 aliphatic carbocycles. The SMILES string of the molecule is CCCN(CCC)CC(C)COc1ccc(-c2cn3cccc(C)c3n2)cc1. The molecule has 0 fully saturated rings. The number of hydrogen-bond acceptors (Lipinski definition) is 3. The van der Waals surface area contributed by atoms with Gasteiger partial charge in [-0.15, -0.1) is 0 Å². The summed E-state index contributed by atoms with van der Waals surface area (Å²) in [7, 11) is 0. The van der Waals surface area contributed by atoms with Crippen molar-refractivity contribution in [2.24, 2.45) is 5.92 Å². The predicted octanol–water partition coefficient (Wildman–Crippen LogP) is 5.45. The van der Waals surface area contributed by atoms with E-state index in [4.69, 9.17) is 9.72 Å². The van der Waals surface area contributed by atoms with Crippen molar-refractivity contribution in [2.75, 3.05) is 26.2 Å². The molecular weight excluding hydrogens is 346 g/mol. The number of pyridine rings is 1. The fourth-order valence-corrected chi connectivity index (χ4v) is 3.67. The van der Waals surface area contributed by atoms with Gasteiger partial charge in [0.25, 0.3) is 0 Å². The molecule has 0 radical (unpaired) electrons. The molecule has 0 aliphatic rings. The Bertz CT molecular complexity index is 863. The first-order valence-corrected chi connectivity index (χ1v) is 10.5. The lowest BCUT2D eigenvalue weighted by molar-refractivity contribution is 0.185. The van der Waals surface area contributed by atoms with Crippen LogP contribution in [-0.2, 0) is 0 Å². The number of aryl methyl sites for hydroxylation is 1. The first-order valence-electron chi connectivity index (χ1n) is 10.5. The zero-order chi connectivity index (χ0) is 19.9. The van der Waals surface area contributed by atoms with E-state index in [2.05, 4.69) is 73.5 Å². The molecule has 2 aromatic heterocycles. The topological polar surface area (TPSA) is 29.8 Å². The van der Waals surface area contributed by atoms with Crippen molar-refractivity contribution in [3.05, 3.63) is 54.4 Å². The van der Waals surface area contributed by atoms with E-state index in [-0.39, 0.29) is 0 Å². The molecular formula is C24H33N3O. The molecule has 0 bridgehead atoms. The maximum atomic E-state index is 6.04. The van der Waals surface area contributed by atoms with E-state index in [1.807, 2.05) is 12.3 Å². The monoisotopic (exact) mass is 379 g/mol. The van der Waals surface area contributed by atoms with Gasteiger partial charge in [0.1, 0.15) is 11.4 Å². The lowest BCUT2D eigenvalue weighted by Gasteiger charge is -2.24. The van der Waals surface area contributed by atoms with Crippen LogP contribution in [0.25, 0.3) is 16.9 Å². The number of benzene rings is 1. The average Bonchev–Trinajstić information content (AvgIpc) is 3.13. The van der Waals surface area contributed by atoms with Crippen LogP contribution >= 0.6 is 0 Å². The third kappa shape index (κ3) is 5.14. The first-order chi connectivity index (χ1) is 13.6. The summed E-state index contributed by atoms with van der Waals surface area (Å²) in [6.45, 7) is 13.0. The molecule has 0 spiro atoms. The van der Waals surface area contributed by atoms with Gasteiger partial charge in [-0.3, -0.25) is 0 Å². The zero-order valence-electron chi connectivity index (χ0n) is 17.7. The molecule has 1 unspecified atom stereocenters. The van der Waals surface area contributed by atoms with Gasteiger partial charge in [0, 0.05) is 30.4 Å². The third-order valence-corrected chi connectivity index (χ3v) is 5.01. The Hall–Kier alpha value is -2.33. The van der Waals surface area contributed by atoms with Crippen molar-refractivity contribution in [1.82, 2.24) is 14.3 Å². The lowest BCUT2D eigenvalue weighted by Crippen LogP contribution is -2.32. The highest BCUT2D eigenvalue weighted by atomic mass is 16.5. The number of ether oxygens (including phenoxy) is 1. The highest BCUT2D eigenvalue weighted by Crippen LogP contribution is 2.23. The second-order valence-electron chi connectivity index (χ2n) is 7.79. The number of aromatic nitrogens is 2. The molecule has 28 heavy (non-hydrogen) atoms. The van der Waals surface area contributed by atoms with Gasteiger partial charge in [0.2, 0.25) is 0 Å². The molecule has 0 N–H and O–H groups in total. The van der Waals surface area contributed by atoms with Gasteiger partial charge in [-0.25, -0.2) is 4.98 Å². The van der Waals surface area contributed by atoms with Gasteiger partial charge in [-0.1, -0.05) is 26.8 Å². The summed E-state index contributed by atoms with van der Waals surface area (Å²) in [5, 5.41) is 0. The number of nitrogens with zero attached hydrogens (tertiary/aromatic N) is 3. The summed E-state index contributed by atoms with van der Waals surface area (Å²) in [5.74, 6) is 1.44. The van der Waals surface area contributed by atoms with Crippen LogP contribution < -0.4 is 4.74 Å². The van der Waals surface area contributed by atoms with Gasteiger partial charge in [0.05, 0.1) is 12.3 Å². The Morgan fingerprint density at radius 2 is 1.79 bits per heavy atom. The second kappa shape index (κ2) is 9.74. The van der Waals surface area contributed by atoms with Crippen molar-refractivity contribution in [3.63, 3.8) is 0 Å². The van der Waals surface area contributed by atoms with E-state index >= 15 is 0 Å². The van der Waals surface area contributed by atoms with Crippen LogP contribution in [0.15, 0.2) is 48.8 Å². The summed E-state index contributed by atoms with van der Waals surface area (Å²) in [5.41, 5.74) is 4.29. The standard InChI is InChI=1S/C24H33N3O/c1-5-13-26(14-6-2)16-19(3)18-28-22-11-9-21(10-12-22)23-17-27-15-7-8-20(4)24(27)25-23/h7-12,15,17,19H,5-6,13-14,16,18H2,1-4H3. The van der Waals surface area contributed by atoms with Crippen LogP contribution in [0, 0.1) is 12.8 Å². The van der Waals surface area contributed by atoms with Crippen molar-refractivity contribution in [2.45, 2.75) is 40.5 Å². The molecule has 4 heteroatoms. The lowest BCUT2D eigenvalue weighted by atomic mass is 10.1. The summed E-state index contributed by atoms with van der Waals surface area (Å²) >= 11 is 0. The minimum atomic E-state index is 0.513. The molecule has 0 saturated carbocycles. The van der Waals surface area contributed by atoms with E-state index in [0.717, 1.165) is 35.8 Å². The molecule has 1 aromatic carbocycles. The minimum absolute atomic E-state index is 0.513. The average molecular weight is 380 g/mol. The van der Waals surface area contributed by atoms with Crippen LogP contribution in [0.5, 0.6) is 5.75 Å². The Labute approximate surface area is 169 Å². The number of imidazole rings is 1. The molecule has 4 nitrogen and oxygen atoms in total. The van der Waals surface area contributed by atoms with Crippen molar-refractivity contribution < 1.29 is 4.74 Å². The van der Waals surface area contributed by atoms with Crippen molar-refractivity contribution in [3.8, 4) is 17.0 Å². The normalized spacial score (nSPS) is 12.6. The predicted molar refractivity (Wildman–Crippen MR) is 117 cm³/mol. The minimum Gasteiger partial charge on any atom is -0.493 e. The maximum Gasteiger partial charge on any atom is 0.140 e. The first kappa shape index (κ1) is 20.4. The molecule has 1 atom stereocenters. The number of fused-ring (bicyclic) bond motifs is 1. The van der Waals surface area contributed by atoms with Crippen LogP contribution in [0.3, 0.4) is 0 Å². The smallest absolute Gasteiger partial charge is 0.140 e. The number of hydrogen-bond donors (Lipinski definition) is 0. The van der Waals surface area contributed by atoms with E-state index in [1.54, 1.807) is 0 Å². The largest absolute Gasteiger partial charge is 0.493 e. The van der Waals surface area contributed by atoms with Gasteiger partial charge < -0.3 is 14.0 Å². The van der Waals surface area contributed by atoms with Gasteiger partial charge in [-0.2, -0.15) is 0 Å². The van der Waals surface area contributed by atoms with Crippen molar-refractivity contribution in [1.29, 1.82) is 0 Å². The summed E-state index contributed by atoms with van der Waals surface area (Å²) in [6.07, 6.45) is 6.53. The zero-order valence-corrected chi connectivity index (χ0v) is 17.7. The molecule has 150 valence electrons. The van der Waals surface area contributed by atoms with Crippen LogP contribution in [-0.4, -0.2) is 40.5 Å². The Balaban J connectivity index is 1.58. The molecule has 2 heterocycles. The van der Waals surface area contributed by atoms with Crippen molar-refractivity contribution >= 4 is 5.65 Å². The van der Waals surface area contributed by atoms with E-state index in [0.29, 0.717) is 5.92 Å².